The van der Waals surface area contributed by atoms with Crippen molar-refractivity contribution in [2.24, 2.45) is 5.92 Å². The molecule has 2 rings (SSSR count). The average molecular weight is 242 g/mol. The van der Waals surface area contributed by atoms with Crippen LogP contribution in [0.2, 0.25) is 0 Å². The minimum atomic E-state index is -0.192. The van der Waals surface area contributed by atoms with Crippen molar-refractivity contribution in [2.45, 2.75) is 39.2 Å². The van der Waals surface area contributed by atoms with Gasteiger partial charge in [-0.15, -0.1) is 0 Å². The van der Waals surface area contributed by atoms with Gasteiger partial charge in [0.2, 0.25) is 5.91 Å². The van der Waals surface area contributed by atoms with Gasteiger partial charge in [-0.1, -0.05) is 26.0 Å². The van der Waals surface area contributed by atoms with E-state index in [0.29, 0.717) is 12.3 Å². The number of hydrogen-bond acceptors (Lipinski definition) is 2. The zero-order chi connectivity index (χ0) is 13.3. The predicted octanol–water partition coefficient (Wildman–Crippen LogP) is 3.07. The molecule has 1 aromatic carbocycles. The lowest BCUT2D eigenvalue weighted by atomic mass is 10.0. The van der Waals surface area contributed by atoms with Crippen molar-refractivity contribution in [3.63, 3.8) is 0 Å². The van der Waals surface area contributed by atoms with Crippen LogP contribution >= 0.6 is 0 Å². The Hall–Kier alpha value is -1.82. The van der Waals surface area contributed by atoms with Crippen molar-refractivity contribution in [1.82, 2.24) is 0 Å². The summed E-state index contributed by atoms with van der Waals surface area (Å²) < 4.78 is 0. The van der Waals surface area contributed by atoms with Crippen LogP contribution < -0.4 is 4.90 Å². The lowest BCUT2D eigenvalue weighted by molar-refractivity contribution is -0.117. The summed E-state index contributed by atoms with van der Waals surface area (Å²) in [5, 5.41) is 9.01. The molecule has 1 aliphatic rings. The van der Waals surface area contributed by atoms with E-state index in [1.54, 1.807) is 4.90 Å². The first-order valence-corrected chi connectivity index (χ1v) is 6.36. The first kappa shape index (κ1) is 12.6. The number of rotatable bonds is 2. The zero-order valence-electron chi connectivity index (χ0n) is 11.1. The topological polar surface area (TPSA) is 44.1 Å². The number of nitriles is 1. The van der Waals surface area contributed by atoms with E-state index in [-0.39, 0.29) is 17.9 Å². The molecule has 1 fully saturated rings. The number of anilines is 1. The van der Waals surface area contributed by atoms with Crippen LogP contribution in [0.3, 0.4) is 0 Å². The third kappa shape index (κ3) is 2.11. The van der Waals surface area contributed by atoms with E-state index in [1.165, 1.54) is 5.56 Å². The largest absolute Gasteiger partial charge is 0.308 e. The number of hydrogen-bond donors (Lipinski definition) is 0. The molecule has 1 aliphatic heterocycles. The maximum Gasteiger partial charge on any atom is 0.228 e. The molecule has 0 N–H and O–H groups in total. The van der Waals surface area contributed by atoms with Gasteiger partial charge in [-0.3, -0.25) is 4.79 Å². The van der Waals surface area contributed by atoms with Gasteiger partial charge in [0.15, 0.2) is 0 Å². The van der Waals surface area contributed by atoms with Crippen LogP contribution in [-0.2, 0) is 4.79 Å². The normalized spacial score (nSPS) is 23.5. The van der Waals surface area contributed by atoms with Gasteiger partial charge >= 0.3 is 0 Å². The van der Waals surface area contributed by atoms with Crippen molar-refractivity contribution < 1.29 is 4.79 Å². The maximum absolute atomic E-state index is 11.9. The molecule has 1 saturated heterocycles. The summed E-state index contributed by atoms with van der Waals surface area (Å²) >= 11 is 0. The SMILES string of the molecule is CC(C)c1ccc(N2C(=O)CC(C#N)C2C)cc1. The van der Waals surface area contributed by atoms with Crippen LogP contribution in [-0.4, -0.2) is 11.9 Å². The molecule has 0 saturated carbocycles. The minimum absolute atomic E-state index is 0.0348. The summed E-state index contributed by atoms with van der Waals surface area (Å²) in [4.78, 5) is 13.7. The third-order valence-electron chi connectivity index (χ3n) is 3.66. The highest BCUT2D eigenvalue weighted by atomic mass is 16.2. The van der Waals surface area contributed by atoms with Crippen LogP contribution in [0, 0.1) is 17.2 Å². The van der Waals surface area contributed by atoms with Crippen molar-refractivity contribution >= 4 is 11.6 Å². The molecule has 94 valence electrons. The molecule has 18 heavy (non-hydrogen) atoms. The van der Waals surface area contributed by atoms with E-state index < -0.39 is 0 Å². The molecule has 2 atom stereocenters. The molecule has 3 heteroatoms. The first-order valence-electron chi connectivity index (χ1n) is 6.36. The van der Waals surface area contributed by atoms with Gasteiger partial charge in [0.25, 0.3) is 0 Å². The summed E-state index contributed by atoms with van der Waals surface area (Å²) in [6, 6.07) is 10.2. The summed E-state index contributed by atoms with van der Waals surface area (Å²) in [6.45, 7) is 6.23. The number of nitrogens with zero attached hydrogens (tertiary/aromatic N) is 2. The molecule has 0 aliphatic carbocycles. The van der Waals surface area contributed by atoms with Crippen LogP contribution in [0.4, 0.5) is 5.69 Å². The zero-order valence-corrected chi connectivity index (χ0v) is 11.1. The Balaban J connectivity index is 2.27. The second-order valence-electron chi connectivity index (χ2n) is 5.19. The van der Waals surface area contributed by atoms with E-state index in [2.05, 4.69) is 32.0 Å². The fraction of sp³-hybridized carbons (Fsp3) is 0.467. The Morgan fingerprint density at radius 2 is 1.94 bits per heavy atom. The molecule has 1 aromatic rings. The number of amides is 1. The van der Waals surface area contributed by atoms with E-state index in [1.807, 2.05) is 19.1 Å². The minimum Gasteiger partial charge on any atom is -0.308 e. The van der Waals surface area contributed by atoms with Crippen LogP contribution in [0.5, 0.6) is 0 Å². The van der Waals surface area contributed by atoms with Gasteiger partial charge < -0.3 is 4.90 Å². The van der Waals surface area contributed by atoms with Crippen molar-refractivity contribution in [3.05, 3.63) is 29.8 Å². The van der Waals surface area contributed by atoms with Crippen molar-refractivity contribution in [2.75, 3.05) is 4.90 Å². The molecule has 0 aromatic heterocycles. The molecule has 0 bridgehead atoms. The fourth-order valence-electron chi connectivity index (χ4n) is 2.42. The lowest BCUT2D eigenvalue weighted by Gasteiger charge is -2.23. The van der Waals surface area contributed by atoms with Crippen molar-refractivity contribution in [3.8, 4) is 6.07 Å². The Kier molecular flexibility index (Phi) is 3.38. The molecule has 0 spiro atoms. The fourth-order valence-corrected chi connectivity index (χ4v) is 2.42. The van der Waals surface area contributed by atoms with Crippen molar-refractivity contribution in [1.29, 1.82) is 5.26 Å². The van der Waals surface area contributed by atoms with Gasteiger partial charge in [0.05, 0.1) is 18.0 Å². The molecule has 1 amide bonds. The highest BCUT2D eigenvalue weighted by molar-refractivity contribution is 5.96. The predicted molar refractivity (Wildman–Crippen MR) is 71.2 cm³/mol. The Bertz CT molecular complexity index is 484. The number of carbonyl (C=O) groups is 1. The maximum atomic E-state index is 11.9. The second-order valence-corrected chi connectivity index (χ2v) is 5.19. The Morgan fingerprint density at radius 1 is 1.33 bits per heavy atom. The molecular formula is C15H18N2O. The highest BCUT2D eigenvalue weighted by Crippen LogP contribution is 2.31. The van der Waals surface area contributed by atoms with E-state index >= 15 is 0 Å². The van der Waals surface area contributed by atoms with Crippen LogP contribution in [0.25, 0.3) is 0 Å². The third-order valence-corrected chi connectivity index (χ3v) is 3.66. The van der Waals surface area contributed by atoms with E-state index in [0.717, 1.165) is 5.69 Å². The van der Waals surface area contributed by atoms with Gasteiger partial charge in [0, 0.05) is 12.1 Å². The Morgan fingerprint density at radius 3 is 2.39 bits per heavy atom. The second kappa shape index (κ2) is 4.81. The molecular weight excluding hydrogens is 224 g/mol. The average Bonchev–Trinajstić information content (AvgIpc) is 2.64. The smallest absolute Gasteiger partial charge is 0.228 e. The quantitative estimate of drug-likeness (QED) is 0.800. The Labute approximate surface area is 108 Å². The monoisotopic (exact) mass is 242 g/mol. The number of carbonyl (C=O) groups excluding carboxylic acids is 1. The lowest BCUT2D eigenvalue weighted by Crippen LogP contribution is -2.32. The van der Waals surface area contributed by atoms with E-state index in [4.69, 9.17) is 5.26 Å². The van der Waals surface area contributed by atoms with Crippen LogP contribution in [0.15, 0.2) is 24.3 Å². The highest BCUT2D eigenvalue weighted by Gasteiger charge is 2.37. The standard InChI is InChI=1S/C15H18N2O/c1-10(2)12-4-6-14(7-5-12)17-11(3)13(9-16)8-15(17)18/h4-7,10-11,13H,8H2,1-3H3. The van der Waals surface area contributed by atoms with Gasteiger partial charge in [-0.05, 0) is 30.5 Å². The van der Waals surface area contributed by atoms with E-state index in [9.17, 15) is 4.79 Å². The molecule has 2 unspecified atom stereocenters. The summed E-state index contributed by atoms with van der Waals surface area (Å²) in [7, 11) is 0. The first-order chi connectivity index (χ1) is 8.54. The summed E-state index contributed by atoms with van der Waals surface area (Å²) in [5.74, 6) is 0.339. The molecule has 3 nitrogen and oxygen atoms in total. The summed E-state index contributed by atoms with van der Waals surface area (Å²) in [6.07, 6.45) is 0.337. The van der Waals surface area contributed by atoms with Gasteiger partial charge in [-0.2, -0.15) is 5.26 Å². The van der Waals surface area contributed by atoms with Gasteiger partial charge in [0.1, 0.15) is 0 Å². The molecule has 1 heterocycles. The molecule has 0 radical (unpaired) electrons. The van der Waals surface area contributed by atoms with Crippen LogP contribution in [0.1, 0.15) is 38.7 Å². The number of benzene rings is 1. The summed E-state index contributed by atoms with van der Waals surface area (Å²) in [5.41, 5.74) is 2.16. The van der Waals surface area contributed by atoms with Gasteiger partial charge in [-0.25, -0.2) is 0 Å².